The molecule has 7 aromatic rings. The summed E-state index contributed by atoms with van der Waals surface area (Å²) in [5.41, 5.74) is 23.5. The molecule has 0 aliphatic carbocycles. The van der Waals surface area contributed by atoms with Gasteiger partial charge in [0.1, 0.15) is 0 Å². The lowest BCUT2D eigenvalue weighted by molar-refractivity contribution is 0.578. The van der Waals surface area contributed by atoms with Crippen molar-refractivity contribution in [2.45, 2.75) is 116 Å². The van der Waals surface area contributed by atoms with Gasteiger partial charge in [0, 0.05) is 113 Å². The van der Waals surface area contributed by atoms with E-state index in [0.29, 0.717) is 0 Å². The molecule has 78 heavy (non-hydrogen) atoms. The maximum absolute atomic E-state index is 2.62. The van der Waals surface area contributed by atoms with E-state index in [2.05, 4.69) is 175 Å². The summed E-state index contributed by atoms with van der Waals surface area (Å²) in [6, 6.07) is 59.1. The zero-order valence-electron chi connectivity index (χ0n) is 46.8. The largest absolute Gasteiger partial charge is 0.372 e. The summed E-state index contributed by atoms with van der Waals surface area (Å²) in [6.45, 7) is 13.5. The summed E-state index contributed by atoms with van der Waals surface area (Å²) in [4.78, 5) is 15.7. The molecule has 0 bridgehead atoms. The van der Waals surface area contributed by atoms with Crippen LogP contribution in [0.3, 0.4) is 0 Å². The molecule has 6 fully saturated rings. The van der Waals surface area contributed by atoms with Crippen molar-refractivity contribution in [1.82, 2.24) is 0 Å². The highest BCUT2D eigenvalue weighted by molar-refractivity contribution is 6.15. The van der Waals surface area contributed by atoms with Crippen molar-refractivity contribution in [3.05, 3.63) is 146 Å². The fourth-order valence-corrected chi connectivity index (χ4v) is 14.4. The second-order valence-corrected chi connectivity index (χ2v) is 23.8. The van der Waals surface area contributed by atoms with Gasteiger partial charge in [-0.3, -0.25) is 0 Å². The van der Waals surface area contributed by atoms with E-state index in [1.165, 1.54) is 216 Å². The maximum Gasteiger partial charge on any atom is 0.0366 e. The van der Waals surface area contributed by atoms with Gasteiger partial charge in [-0.2, -0.15) is 0 Å². The van der Waals surface area contributed by atoms with Gasteiger partial charge in [0.05, 0.1) is 0 Å². The van der Waals surface area contributed by atoms with Gasteiger partial charge in [-0.1, -0.05) is 72.8 Å². The van der Waals surface area contributed by atoms with E-state index in [1.807, 2.05) is 0 Å². The van der Waals surface area contributed by atoms with E-state index in [4.69, 9.17) is 0 Å². The molecule has 0 unspecified atom stereocenters. The topological polar surface area (TPSA) is 19.4 Å². The van der Waals surface area contributed by atoms with Gasteiger partial charge in [0.25, 0.3) is 0 Å². The monoisotopic (exact) mass is 1030 g/mol. The molecule has 6 heterocycles. The molecule has 6 nitrogen and oxygen atoms in total. The van der Waals surface area contributed by atoms with E-state index < -0.39 is 0 Å². The fraction of sp³-hybridized carbons (Fsp3) is 0.417. The lowest BCUT2D eigenvalue weighted by Gasteiger charge is -2.32. The molecule has 7 aromatic carbocycles. The third-order valence-electron chi connectivity index (χ3n) is 18.8. The highest BCUT2D eigenvalue weighted by Crippen LogP contribution is 2.57. The number of piperidine rings is 6. The molecular weight excluding hydrogens is 949 g/mol. The molecule has 6 aliphatic heterocycles. The van der Waals surface area contributed by atoms with Crippen LogP contribution in [-0.2, 0) is 0 Å². The van der Waals surface area contributed by atoms with Gasteiger partial charge in [0.15, 0.2) is 0 Å². The van der Waals surface area contributed by atoms with Gasteiger partial charge >= 0.3 is 0 Å². The number of hydrogen-bond acceptors (Lipinski definition) is 6. The van der Waals surface area contributed by atoms with Crippen LogP contribution >= 0.6 is 0 Å². The number of benzene rings is 7. The summed E-state index contributed by atoms with van der Waals surface area (Å²) >= 11 is 0. The zero-order chi connectivity index (χ0) is 52.0. The predicted molar refractivity (Wildman–Crippen MR) is 335 cm³/mol. The van der Waals surface area contributed by atoms with E-state index in [0.717, 1.165) is 78.5 Å². The van der Waals surface area contributed by atoms with E-state index in [-0.39, 0.29) is 0 Å². The smallest absolute Gasteiger partial charge is 0.0366 e. The van der Waals surface area contributed by atoms with Gasteiger partial charge in [0.2, 0.25) is 0 Å². The first-order chi connectivity index (χ1) is 38.7. The Hall–Kier alpha value is -6.66. The summed E-state index contributed by atoms with van der Waals surface area (Å²) in [6.07, 6.45) is 23.1. The average Bonchev–Trinajstić information content (AvgIpc) is 3.37. The molecule has 0 N–H and O–H groups in total. The first kappa shape index (κ1) is 50.8. The second-order valence-electron chi connectivity index (χ2n) is 23.8. The Morgan fingerprint density at radius 3 is 0.372 bits per heavy atom. The highest BCUT2D eigenvalue weighted by atomic mass is 15.2. The number of nitrogens with zero attached hydrogens (tertiary/aromatic N) is 6. The molecule has 402 valence electrons. The highest BCUT2D eigenvalue weighted by Gasteiger charge is 2.31. The predicted octanol–water partition coefficient (Wildman–Crippen LogP) is 17.6. The van der Waals surface area contributed by atoms with Crippen molar-refractivity contribution in [3.8, 4) is 66.8 Å². The van der Waals surface area contributed by atoms with E-state index in [1.54, 1.807) is 0 Å². The van der Waals surface area contributed by atoms with Gasteiger partial charge in [-0.25, -0.2) is 0 Å². The fourth-order valence-electron chi connectivity index (χ4n) is 14.4. The summed E-state index contributed by atoms with van der Waals surface area (Å²) in [5.74, 6) is 0. The lowest BCUT2D eigenvalue weighted by atomic mass is 9.74. The van der Waals surface area contributed by atoms with Crippen LogP contribution in [-0.4, -0.2) is 78.5 Å². The first-order valence-corrected chi connectivity index (χ1v) is 31.1. The van der Waals surface area contributed by atoms with Crippen LogP contribution in [0.15, 0.2) is 146 Å². The van der Waals surface area contributed by atoms with Gasteiger partial charge in [-0.05, 0) is 255 Å². The molecule has 6 heteroatoms. The Morgan fingerprint density at radius 1 is 0.141 bits per heavy atom. The molecule has 0 aromatic heterocycles. The average molecular weight is 1030 g/mol. The Kier molecular flexibility index (Phi) is 15.5. The van der Waals surface area contributed by atoms with E-state index in [9.17, 15) is 0 Å². The molecule has 6 saturated heterocycles. The van der Waals surface area contributed by atoms with E-state index >= 15 is 0 Å². The molecule has 0 atom stereocenters. The van der Waals surface area contributed by atoms with Crippen molar-refractivity contribution >= 4 is 34.1 Å². The number of anilines is 6. The molecule has 6 aliphatic rings. The minimum atomic E-state index is 1.13. The summed E-state index contributed by atoms with van der Waals surface area (Å²) in [7, 11) is 0. The van der Waals surface area contributed by atoms with Crippen molar-refractivity contribution in [3.63, 3.8) is 0 Å². The third kappa shape index (κ3) is 10.8. The van der Waals surface area contributed by atoms with Gasteiger partial charge < -0.3 is 29.4 Å². The molecular formula is C72H84N6. The van der Waals surface area contributed by atoms with Crippen molar-refractivity contribution in [1.29, 1.82) is 0 Å². The molecule has 0 spiro atoms. The number of rotatable bonds is 12. The number of hydrogen-bond donors (Lipinski definition) is 0. The second kappa shape index (κ2) is 23.7. The van der Waals surface area contributed by atoms with Crippen molar-refractivity contribution in [2.75, 3.05) is 108 Å². The summed E-state index contributed by atoms with van der Waals surface area (Å²) in [5, 5.41) is 0. The SMILES string of the molecule is c1cc(N2CCCCC2)ccc1-c1c(-c2ccc(N3CCCCC3)cc2)c(-c2ccc(N3CCCCC3)cc2)c(-c2ccc(N3CCCCC3)cc2)c(-c2ccc(N3CCCCC3)cc2)c1-c1ccc(N2CCCCC2)cc1. The van der Waals surface area contributed by atoms with Crippen LogP contribution in [0.4, 0.5) is 34.1 Å². The molecule has 0 radical (unpaired) electrons. The van der Waals surface area contributed by atoms with Crippen LogP contribution < -0.4 is 29.4 Å². The van der Waals surface area contributed by atoms with Crippen molar-refractivity contribution in [2.24, 2.45) is 0 Å². The quantitative estimate of drug-likeness (QED) is 0.121. The minimum absolute atomic E-state index is 1.13. The normalized spacial score (nSPS) is 18.6. The van der Waals surface area contributed by atoms with Crippen LogP contribution in [0.5, 0.6) is 0 Å². The standard InChI is InChI=1S/C72H84N6/c1-7-43-73(44-8-1)61-31-19-55(20-32-61)67-68(56-21-33-62(34-22-56)74-45-9-2-10-46-74)70(58-25-37-64(38-26-58)76-49-13-4-14-50-76)72(60-29-41-66(42-30-60)78-53-17-6-18-54-78)71(59-27-39-65(40-28-59)77-51-15-5-16-52-77)69(67)57-23-35-63(36-24-57)75-47-11-3-12-48-75/h19-42H,1-18,43-54H2. The Morgan fingerprint density at radius 2 is 0.256 bits per heavy atom. The van der Waals surface area contributed by atoms with Crippen molar-refractivity contribution < 1.29 is 0 Å². The molecule has 0 amide bonds. The van der Waals surface area contributed by atoms with Crippen LogP contribution in [0.25, 0.3) is 66.8 Å². The van der Waals surface area contributed by atoms with Crippen LogP contribution in [0.1, 0.15) is 116 Å². The van der Waals surface area contributed by atoms with Crippen LogP contribution in [0, 0.1) is 0 Å². The minimum Gasteiger partial charge on any atom is -0.372 e. The zero-order valence-corrected chi connectivity index (χ0v) is 46.8. The maximum atomic E-state index is 2.62. The Bertz CT molecular complexity index is 2490. The Balaban J connectivity index is 1.12. The third-order valence-corrected chi connectivity index (χ3v) is 18.8. The molecule has 0 saturated carbocycles. The Labute approximate surface area is 467 Å². The van der Waals surface area contributed by atoms with Gasteiger partial charge in [-0.15, -0.1) is 0 Å². The summed E-state index contributed by atoms with van der Waals surface area (Å²) < 4.78 is 0. The molecule has 13 rings (SSSR count). The lowest BCUT2D eigenvalue weighted by Crippen LogP contribution is -2.29. The first-order valence-electron chi connectivity index (χ1n) is 31.1. The van der Waals surface area contributed by atoms with Crippen LogP contribution in [0.2, 0.25) is 0 Å².